The van der Waals surface area contributed by atoms with Crippen LogP contribution >= 0.6 is 15.9 Å². The second-order valence-electron chi connectivity index (χ2n) is 4.34. The number of benzene rings is 1. The maximum Gasteiger partial charge on any atom is 0.328 e. The number of carbonyl (C=O) groups is 2. The first-order valence-corrected chi connectivity index (χ1v) is 7.14. The van der Waals surface area contributed by atoms with Gasteiger partial charge in [0.15, 0.2) is 0 Å². The van der Waals surface area contributed by atoms with E-state index in [0.29, 0.717) is 11.1 Å². The first kappa shape index (κ1) is 17.4. The lowest BCUT2D eigenvalue weighted by Gasteiger charge is -2.16. The van der Waals surface area contributed by atoms with Gasteiger partial charge in [0.1, 0.15) is 12.6 Å². The lowest BCUT2D eigenvalue weighted by atomic mass is 10.2. The Hall–Kier alpha value is -1.66. The molecule has 21 heavy (non-hydrogen) atoms. The summed E-state index contributed by atoms with van der Waals surface area (Å²) in [6, 6.07) is 8.74. The van der Waals surface area contributed by atoms with E-state index in [1.165, 1.54) is 7.11 Å². The lowest BCUT2D eigenvalue weighted by molar-refractivity contribution is -0.145. The molecule has 0 aliphatic heterocycles. The van der Waals surface area contributed by atoms with Crippen LogP contribution in [0.1, 0.15) is 12.0 Å². The molecule has 0 fully saturated rings. The maximum absolute atomic E-state index is 11.8. The Balaban J connectivity index is 2.39. The average molecular weight is 356 g/mol. The highest BCUT2D eigenvalue weighted by molar-refractivity contribution is 9.11. The highest BCUT2D eigenvalue weighted by Gasteiger charge is 2.21. The Morgan fingerprint density at radius 3 is 2.57 bits per heavy atom. The molecule has 0 radical (unpaired) electrons. The number of rotatable bonds is 8. The molecular formula is C15H18BrNO4. The van der Waals surface area contributed by atoms with Crippen LogP contribution in [0.3, 0.4) is 0 Å². The number of hydrogen-bond acceptors (Lipinski definition) is 4. The molecule has 6 heteroatoms. The van der Waals surface area contributed by atoms with Crippen LogP contribution in [0.4, 0.5) is 0 Å². The number of carbonyl (C=O) groups excluding carboxylic acids is 2. The van der Waals surface area contributed by atoms with Crippen LogP contribution in [0, 0.1) is 0 Å². The van der Waals surface area contributed by atoms with Crippen LogP contribution in [0.2, 0.25) is 0 Å². The van der Waals surface area contributed by atoms with Crippen LogP contribution in [0.5, 0.6) is 0 Å². The topological polar surface area (TPSA) is 64.6 Å². The van der Waals surface area contributed by atoms with Gasteiger partial charge in [0.05, 0.1) is 13.7 Å². The van der Waals surface area contributed by atoms with Crippen molar-refractivity contribution in [1.29, 1.82) is 0 Å². The number of nitrogens with one attached hydrogen (secondary N) is 1. The summed E-state index contributed by atoms with van der Waals surface area (Å²) in [5, 5.41) is 2.56. The summed E-state index contributed by atoms with van der Waals surface area (Å²) in [4.78, 5) is 23.3. The standard InChI is InChI=1S/C15H18BrNO4/c1-11(16)8-13(15(19)20-2)17-14(18)10-21-9-12-6-4-3-5-7-12/h3-7,13H,1,8-10H2,2H3,(H,17,18)/t13-/m1/s1. The number of ether oxygens (including phenoxy) is 2. The molecule has 1 aromatic rings. The van der Waals surface area contributed by atoms with Gasteiger partial charge in [0, 0.05) is 6.42 Å². The molecule has 114 valence electrons. The molecule has 0 bridgehead atoms. The Morgan fingerprint density at radius 2 is 2.00 bits per heavy atom. The third-order valence-corrected chi connectivity index (χ3v) is 2.91. The van der Waals surface area contributed by atoms with Gasteiger partial charge in [0.2, 0.25) is 5.91 Å². The van der Waals surface area contributed by atoms with Crippen LogP contribution in [0.15, 0.2) is 41.4 Å². The largest absolute Gasteiger partial charge is 0.467 e. The lowest BCUT2D eigenvalue weighted by Crippen LogP contribution is -2.43. The Bertz CT molecular complexity index is 490. The minimum Gasteiger partial charge on any atom is -0.467 e. The SMILES string of the molecule is C=C(Br)C[C@@H](NC(=O)COCc1ccccc1)C(=O)OC. The first-order valence-electron chi connectivity index (χ1n) is 6.35. The molecule has 0 heterocycles. The molecular weight excluding hydrogens is 338 g/mol. The molecule has 0 spiro atoms. The minimum atomic E-state index is -0.769. The Kier molecular flexibility index (Phi) is 7.71. The second-order valence-corrected chi connectivity index (χ2v) is 5.46. The second kappa shape index (κ2) is 9.31. The van der Waals surface area contributed by atoms with Crippen molar-refractivity contribution in [1.82, 2.24) is 5.32 Å². The molecule has 5 nitrogen and oxygen atoms in total. The number of amides is 1. The number of methoxy groups -OCH3 is 1. The average Bonchev–Trinajstić information content (AvgIpc) is 2.46. The molecule has 0 aliphatic rings. The minimum absolute atomic E-state index is 0.128. The van der Waals surface area contributed by atoms with Crippen molar-refractivity contribution in [3.63, 3.8) is 0 Å². The van der Waals surface area contributed by atoms with Gasteiger partial charge in [-0.25, -0.2) is 4.79 Å². The van der Waals surface area contributed by atoms with Gasteiger partial charge < -0.3 is 14.8 Å². The molecule has 0 aliphatic carbocycles. The van der Waals surface area contributed by atoms with Gasteiger partial charge >= 0.3 is 5.97 Å². The number of esters is 1. The van der Waals surface area contributed by atoms with Crippen LogP contribution in [-0.2, 0) is 25.7 Å². The molecule has 0 saturated carbocycles. The summed E-state index contributed by atoms with van der Waals surface area (Å²) in [6.07, 6.45) is 0.261. The molecule has 0 unspecified atom stereocenters. The van der Waals surface area contributed by atoms with Crippen LogP contribution in [-0.4, -0.2) is 31.6 Å². The fourth-order valence-corrected chi connectivity index (χ4v) is 1.95. The van der Waals surface area contributed by atoms with Crippen molar-refractivity contribution in [3.8, 4) is 0 Å². The van der Waals surface area contributed by atoms with E-state index in [4.69, 9.17) is 4.74 Å². The smallest absolute Gasteiger partial charge is 0.328 e. The predicted octanol–water partition coefficient (Wildman–Crippen LogP) is 2.16. The quantitative estimate of drug-likeness (QED) is 0.725. The number of halogens is 1. The molecule has 1 aromatic carbocycles. The fourth-order valence-electron chi connectivity index (χ4n) is 1.63. The summed E-state index contributed by atoms with van der Waals surface area (Å²) >= 11 is 3.16. The summed E-state index contributed by atoms with van der Waals surface area (Å²) in [7, 11) is 1.27. The van der Waals surface area contributed by atoms with Gasteiger partial charge in [-0.2, -0.15) is 0 Å². The van der Waals surface area contributed by atoms with Gasteiger partial charge in [-0.05, 0) is 10.0 Å². The van der Waals surface area contributed by atoms with Crippen molar-refractivity contribution < 1.29 is 19.1 Å². The zero-order valence-electron chi connectivity index (χ0n) is 11.8. The van der Waals surface area contributed by atoms with Gasteiger partial charge in [-0.1, -0.05) is 52.8 Å². The summed E-state index contributed by atoms with van der Waals surface area (Å²) in [5.41, 5.74) is 0.976. The summed E-state index contributed by atoms with van der Waals surface area (Å²) in [6.45, 7) is 3.85. The molecule has 1 rings (SSSR count). The zero-order valence-corrected chi connectivity index (χ0v) is 13.4. The van der Waals surface area contributed by atoms with Crippen molar-refractivity contribution >= 4 is 27.8 Å². The molecule has 1 amide bonds. The van der Waals surface area contributed by atoms with E-state index in [0.717, 1.165) is 5.56 Å². The maximum atomic E-state index is 11.8. The highest BCUT2D eigenvalue weighted by atomic mass is 79.9. The molecule has 1 N–H and O–H groups in total. The number of hydrogen-bond donors (Lipinski definition) is 1. The Morgan fingerprint density at radius 1 is 1.33 bits per heavy atom. The molecule has 0 aromatic heterocycles. The zero-order chi connectivity index (χ0) is 15.7. The molecule has 0 saturated heterocycles. The van der Waals surface area contributed by atoms with Crippen LogP contribution in [0.25, 0.3) is 0 Å². The van der Waals surface area contributed by atoms with Crippen molar-refractivity contribution in [2.75, 3.05) is 13.7 Å². The fraction of sp³-hybridized carbons (Fsp3) is 0.333. The summed E-state index contributed by atoms with van der Waals surface area (Å²) < 4.78 is 10.5. The first-order chi connectivity index (χ1) is 10.0. The van der Waals surface area contributed by atoms with E-state index in [1.54, 1.807) is 0 Å². The van der Waals surface area contributed by atoms with E-state index in [9.17, 15) is 9.59 Å². The third kappa shape index (κ3) is 7.06. The predicted molar refractivity (Wildman–Crippen MR) is 82.7 cm³/mol. The van der Waals surface area contributed by atoms with Crippen LogP contribution < -0.4 is 5.32 Å². The summed E-state index contributed by atoms with van der Waals surface area (Å²) in [5.74, 6) is -0.901. The van der Waals surface area contributed by atoms with E-state index < -0.39 is 12.0 Å². The monoisotopic (exact) mass is 355 g/mol. The van der Waals surface area contributed by atoms with Gasteiger partial charge in [-0.15, -0.1) is 0 Å². The van der Waals surface area contributed by atoms with E-state index in [1.807, 2.05) is 30.3 Å². The van der Waals surface area contributed by atoms with Crippen molar-refractivity contribution in [3.05, 3.63) is 47.0 Å². The normalized spacial score (nSPS) is 11.5. The Labute approximate surface area is 132 Å². The van der Waals surface area contributed by atoms with Crippen molar-refractivity contribution in [2.45, 2.75) is 19.1 Å². The highest BCUT2D eigenvalue weighted by Crippen LogP contribution is 2.11. The van der Waals surface area contributed by atoms with E-state index in [-0.39, 0.29) is 18.9 Å². The van der Waals surface area contributed by atoms with E-state index >= 15 is 0 Å². The van der Waals surface area contributed by atoms with Crippen molar-refractivity contribution in [2.24, 2.45) is 0 Å². The van der Waals surface area contributed by atoms with E-state index in [2.05, 4.69) is 32.6 Å². The van der Waals surface area contributed by atoms with Gasteiger partial charge in [0.25, 0.3) is 0 Å². The molecule has 1 atom stereocenters. The third-order valence-electron chi connectivity index (χ3n) is 2.59. The van der Waals surface area contributed by atoms with Gasteiger partial charge in [-0.3, -0.25) is 4.79 Å².